The second-order valence-electron chi connectivity index (χ2n) is 10.8. The Morgan fingerprint density at radius 2 is 1.70 bits per heavy atom. The van der Waals surface area contributed by atoms with Gasteiger partial charge in [0.25, 0.3) is 5.91 Å². The van der Waals surface area contributed by atoms with Gasteiger partial charge in [-0.25, -0.2) is 14.8 Å². The van der Waals surface area contributed by atoms with Crippen LogP contribution in [0.5, 0.6) is 5.88 Å². The van der Waals surface area contributed by atoms with Crippen molar-refractivity contribution in [1.82, 2.24) is 19.8 Å². The summed E-state index contributed by atoms with van der Waals surface area (Å²) in [5, 5.41) is 2.81. The molecule has 0 saturated carbocycles. The van der Waals surface area contributed by atoms with E-state index in [0.717, 1.165) is 31.8 Å². The van der Waals surface area contributed by atoms with Crippen molar-refractivity contribution in [1.29, 1.82) is 0 Å². The lowest BCUT2D eigenvalue weighted by Crippen LogP contribution is -2.49. The molecule has 0 aliphatic carbocycles. The molecule has 1 aromatic carbocycles. The number of carbonyl (C=O) groups is 2. The Balaban J connectivity index is 1.08. The van der Waals surface area contributed by atoms with Crippen LogP contribution in [0, 0.1) is 0 Å². The summed E-state index contributed by atoms with van der Waals surface area (Å²) in [6, 6.07) is 13.7. The molecular weight excluding hydrogens is 561 g/mol. The van der Waals surface area contributed by atoms with Gasteiger partial charge in [-0.2, -0.15) is 13.2 Å². The zero-order valence-corrected chi connectivity index (χ0v) is 24.0. The molecule has 5 rings (SSSR count). The van der Waals surface area contributed by atoms with Gasteiger partial charge in [-0.1, -0.05) is 25.5 Å². The van der Waals surface area contributed by atoms with Crippen LogP contribution in [-0.2, 0) is 12.7 Å². The smallest absolute Gasteiger partial charge is 0.391 e. The largest absolute Gasteiger partial charge is 0.417 e. The molecule has 3 aromatic rings. The molecule has 0 radical (unpaired) electrons. The van der Waals surface area contributed by atoms with Crippen molar-refractivity contribution in [3.63, 3.8) is 0 Å². The minimum absolute atomic E-state index is 0.0854. The number of rotatable bonds is 7. The van der Waals surface area contributed by atoms with E-state index in [4.69, 9.17) is 4.74 Å². The average Bonchev–Trinajstić information content (AvgIpc) is 3.02. The standard InChI is InChI=1S/C31H35F3N6O3/c1-2-26-5-3-4-14-40(26)21-22-6-8-23(9-7-22)29(41)37-25-11-13-28(36-20-25)43-30(42)39-17-15-38(16-18-39)27-12-10-24(19-35-27)31(32,33)34/h6-13,19-20,26H,2-5,14-18,21H2,1H3,(H,37,41). The molecule has 2 aliphatic rings. The number of anilines is 2. The third-order valence-corrected chi connectivity index (χ3v) is 7.95. The highest BCUT2D eigenvalue weighted by Crippen LogP contribution is 2.29. The molecule has 1 atom stereocenters. The number of aromatic nitrogens is 2. The topological polar surface area (TPSA) is 90.9 Å². The first-order chi connectivity index (χ1) is 20.7. The Labute approximate surface area is 248 Å². The van der Waals surface area contributed by atoms with Crippen LogP contribution in [0.3, 0.4) is 0 Å². The van der Waals surface area contributed by atoms with Gasteiger partial charge >= 0.3 is 12.3 Å². The summed E-state index contributed by atoms with van der Waals surface area (Å²) < 4.78 is 43.7. The molecule has 1 unspecified atom stereocenters. The van der Waals surface area contributed by atoms with Crippen LogP contribution in [0.15, 0.2) is 60.9 Å². The molecule has 0 bridgehead atoms. The SMILES string of the molecule is CCC1CCCCN1Cc1ccc(C(=O)Nc2ccc(OC(=O)N3CCN(c4ccc(C(F)(F)F)cn4)CC3)nc2)cc1. The molecule has 2 fully saturated rings. The Hall–Kier alpha value is -4.19. The van der Waals surface area contributed by atoms with Crippen LogP contribution in [0.4, 0.5) is 29.5 Å². The zero-order valence-electron chi connectivity index (χ0n) is 24.0. The highest BCUT2D eigenvalue weighted by molar-refractivity contribution is 6.04. The van der Waals surface area contributed by atoms with Crippen molar-refractivity contribution < 1.29 is 27.5 Å². The van der Waals surface area contributed by atoms with Crippen molar-refractivity contribution in [3.05, 3.63) is 77.6 Å². The monoisotopic (exact) mass is 596 g/mol. The fourth-order valence-corrected chi connectivity index (χ4v) is 5.46. The lowest BCUT2D eigenvalue weighted by molar-refractivity contribution is -0.137. The van der Waals surface area contributed by atoms with Gasteiger partial charge in [0.15, 0.2) is 0 Å². The number of piperazine rings is 1. The highest BCUT2D eigenvalue weighted by atomic mass is 19.4. The fraction of sp³-hybridized carbons (Fsp3) is 0.419. The summed E-state index contributed by atoms with van der Waals surface area (Å²) in [5.74, 6) is 0.240. The van der Waals surface area contributed by atoms with Gasteiger partial charge < -0.3 is 19.9 Å². The molecule has 2 saturated heterocycles. The number of halogens is 3. The molecule has 2 aromatic heterocycles. The van der Waals surface area contributed by atoms with Crippen LogP contribution in [0.25, 0.3) is 0 Å². The Morgan fingerprint density at radius 3 is 2.33 bits per heavy atom. The summed E-state index contributed by atoms with van der Waals surface area (Å²) in [6.07, 6.45) is 2.11. The first-order valence-electron chi connectivity index (χ1n) is 14.5. The van der Waals surface area contributed by atoms with Crippen molar-refractivity contribution in [2.75, 3.05) is 42.9 Å². The van der Waals surface area contributed by atoms with Gasteiger partial charge in [0.1, 0.15) is 5.82 Å². The van der Waals surface area contributed by atoms with E-state index in [1.165, 1.54) is 48.1 Å². The maximum atomic E-state index is 12.8. The zero-order chi connectivity index (χ0) is 30.4. The van der Waals surface area contributed by atoms with Crippen LogP contribution in [-0.4, -0.2) is 70.5 Å². The van der Waals surface area contributed by atoms with Crippen LogP contribution in [0.1, 0.15) is 54.1 Å². The molecule has 2 amide bonds. The van der Waals surface area contributed by atoms with Gasteiger partial charge in [-0.05, 0) is 61.7 Å². The van der Waals surface area contributed by atoms with Crippen molar-refractivity contribution in [2.45, 2.75) is 51.4 Å². The van der Waals surface area contributed by atoms with E-state index in [1.54, 1.807) is 6.07 Å². The fourth-order valence-electron chi connectivity index (χ4n) is 5.46. The summed E-state index contributed by atoms with van der Waals surface area (Å²) in [6.45, 7) is 5.64. The third-order valence-electron chi connectivity index (χ3n) is 7.95. The highest BCUT2D eigenvalue weighted by Gasteiger charge is 2.31. The van der Waals surface area contributed by atoms with E-state index in [9.17, 15) is 22.8 Å². The summed E-state index contributed by atoms with van der Waals surface area (Å²) in [5.41, 5.74) is 1.38. The van der Waals surface area contributed by atoms with E-state index < -0.39 is 17.8 Å². The molecule has 4 heterocycles. The predicted molar refractivity (Wildman–Crippen MR) is 156 cm³/mol. The number of benzene rings is 1. The van der Waals surface area contributed by atoms with E-state index in [1.807, 2.05) is 29.2 Å². The molecule has 2 aliphatic heterocycles. The number of hydrogen-bond donors (Lipinski definition) is 1. The summed E-state index contributed by atoms with van der Waals surface area (Å²) in [4.78, 5) is 39.3. The Kier molecular flexibility index (Phi) is 9.44. The Morgan fingerprint density at radius 1 is 0.930 bits per heavy atom. The maximum absolute atomic E-state index is 12.8. The van der Waals surface area contributed by atoms with E-state index in [2.05, 4.69) is 27.1 Å². The lowest BCUT2D eigenvalue weighted by Gasteiger charge is -2.35. The molecule has 0 spiro atoms. The normalized spacial score (nSPS) is 17.9. The number of likely N-dealkylation sites (tertiary alicyclic amines) is 1. The predicted octanol–water partition coefficient (Wildman–Crippen LogP) is 5.83. The van der Waals surface area contributed by atoms with Gasteiger partial charge in [-0.15, -0.1) is 0 Å². The van der Waals surface area contributed by atoms with Gasteiger partial charge in [0.05, 0.1) is 17.4 Å². The number of amides is 2. The van der Waals surface area contributed by atoms with Crippen molar-refractivity contribution in [3.8, 4) is 5.88 Å². The van der Waals surface area contributed by atoms with Crippen molar-refractivity contribution in [2.24, 2.45) is 0 Å². The van der Waals surface area contributed by atoms with Crippen LogP contribution in [0.2, 0.25) is 0 Å². The Bertz CT molecular complexity index is 1380. The van der Waals surface area contributed by atoms with Gasteiger partial charge in [0, 0.05) is 56.6 Å². The minimum Gasteiger partial charge on any atom is -0.391 e. The first kappa shape index (κ1) is 30.3. The first-order valence-corrected chi connectivity index (χ1v) is 14.5. The van der Waals surface area contributed by atoms with Crippen LogP contribution >= 0.6 is 0 Å². The summed E-state index contributed by atoms with van der Waals surface area (Å²) >= 11 is 0. The molecule has 1 N–H and O–H groups in total. The summed E-state index contributed by atoms with van der Waals surface area (Å²) in [7, 11) is 0. The number of alkyl halides is 3. The second-order valence-corrected chi connectivity index (χ2v) is 10.8. The lowest BCUT2D eigenvalue weighted by atomic mass is 9.99. The number of piperidine rings is 1. The third kappa shape index (κ3) is 7.81. The number of nitrogens with zero attached hydrogens (tertiary/aromatic N) is 5. The minimum atomic E-state index is -4.44. The number of carbonyl (C=O) groups excluding carboxylic acids is 2. The van der Waals surface area contributed by atoms with Gasteiger partial charge in [0.2, 0.25) is 5.88 Å². The molecule has 228 valence electrons. The van der Waals surface area contributed by atoms with Gasteiger partial charge in [-0.3, -0.25) is 9.69 Å². The van der Waals surface area contributed by atoms with Crippen molar-refractivity contribution >= 4 is 23.5 Å². The average molecular weight is 597 g/mol. The number of ether oxygens (including phenoxy) is 1. The molecular formula is C31H35F3N6O3. The van der Waals surface area contributed by atoms with Crippen LogP contribution < -0.4 is 15.0 Å². The second kappa shape index (κ2) is 13.4. The maximum Gasteiger partial charge on any atom is 0.417 e. The number of nitrogens with one attached hydrogen (secondary N) is 1. The quantitative estimate of drug-likeness (QED) is 0.367. The van der Waals surface area contributed by atoms with E-state index in [0.29, 0.717) is 49.3 Å². The van der Waals surface area contributed by atoms with E-state index >= 15 is 0 Å². The molecule has 43 heavy (non-hydrogen) atoms. The van der Waals surface area contributed by atoms with E-state index in [-0.39, 0.29) is 11.8 Å². The molecule has 12 heteroatoms. The number of hydrogen-bond acceptors (Lipinski definition) is 7. The number of pyridine rings is 2. The molecule has 9 nitrogen and oxygen atoms in total.